The highest BCUT2D eigenvalue weighted by atomic mass is 19.4. The molecular weight excluding hydrogens is 361 g/mol. The van der Waals surface area contributed by atoms with Gasteiger partial charge in [-0.05, 0) is 49.4 Å². The van der Waals surface area contributed by atoms with Crippen molar-refractivity contribution in [3.05, 3.63) is 71.4 Å². The minimum Gasteiger partial charge on any atom is -0.467 e. The van der Waals surface area contributed by atoms with E-state index in [0.29, 0.717) is 18.0 Å². The number of alkyl halides is 3. The van der Waals surface area contributed by atoms with Gasteiger partial charge in [-0.1, -0.05) is 0 Å². The first-order valence-electron chi connectivity index (χ1n) is 7.92. The Kier molecular flexibility index (Phi) is 5.11. The van der Waals surface area contributed by atoms with Gasteiger partial charge in [0.05, 0.1) is 18.4 Å². The van der Waals surface area contributed by atoms with Crippen molar-refractivity contribution >= 4 is 17.5 Å². The van der Waals surface area contributed by atoms with Crippen LogP contribution in [-0.2, 0) is 12.7 Å². The van der Waals surface area contributed by atoms with E-state index in [1.807, 2.05) is 0 Å². The van der Waals surface area contributed by atoms with Crippen LogP contribution in [0.1, 0.15) is 27.5 Å². The van der Waals surface area contributed by atoms with E-state index >= 15 is 0 Å². The van der Waals surface area contributed by atoms with Gasteiger partial charge in [0.15, 0.2) is 0 Å². The van der Waals surface area contributed by atoms with Gasteiger partial charge in [0, 0.05) is 11.4 Å². The molecule has 0 fully saturated rings. The third kappa shape index (κ3) is 4.84. The molecule has 0 spiro atoms. The number of anilines is 2. The maximum atomic E-state index is 12.6. The lowest BCUT2D eigenvalue weighted by molar-refractivity contribution is -0.137. The molecule has 3 aromatic rings. The van der Waals surface area contributed by atoms with E-state index in [-0.39, 0.29) is 17.3 Å². The summed E-state index contributed by atoms with van der Waals surface area (Å²) in [7, 11) is 0. The predicted octanol–water partition coefficient (Wildman–Crippen LogP) is 4.26. The molecule has 0 saturated heterocycles. The monoisotopic (exact) mass is 376 g/mol. The van der Waals surface area contributed by atoms with Gasteiger partial charge in [0.1, 0.15) is 11.5 Å². The first-order chi connectivity index (χ1) is 12.8. The Hall–Kier alpha value is -3.36. The normalized spacial score (nSPS) is 11.3. The summed E-state index contributed by atoms with van der Waals surface area (Å²) in [5.74, 6) is 0.362. The van der Waals surface area contributed by atoms with Crippen LogP contribution >= 0.6 is 0 Å². The molecule has 0 bridgehead atoms. The second-order valence-electron chi connectivity index (χ2n) is 5.68. The van der Waals surface area contributed by atoms with Gasteiger partial charge in [-0.15, -0.1) is 0 Å². The molecular formula is C18H15F3N4O2. The van der Waals surface area contributed by atoms with E-state index in [1.54, 1.807) is 19.1 Å². The summed E-state index contributed by atoms with van der Waals surface area (Å²) in [5.41, 5.74) is 0.0889. The van der Waals surface area contributed by atoms with Crippen molar-refractivity contribution in [2.24, 2.45) is 0 Å². The number of amides is 1. The number of aryl methyl sites for hydroxylation is 1. The Morgan fingerprint density at radius 2 is 1.89 bits per heavy atom. The minimum absolute atomic E-state index is 0.0874. The van der Waals surface area contributed by atoms with Crippen molar-refractivity contribution in [1.82, 2.24) is 9.97 Å². The third-order valence-electron chi connectivity index (χ3n) is 3.56. The van der Waals surface area contributed by atoms with Crippen molar-refractivity contribution in [2.45, 2.75) is 19.6 Å². The van der Waals surface area contributed by atoms with Gasteiger partial charge in [-0.3, -0.25) is 4.79 Å². The van der Waals surface area contributed by atoms with E-state index in [1.165, 1.54) is 24.5 Å². The molecule has 0 radical (unpaired) electrons. The number of rotatable bonds is 5. The number of nitrogens with one attached hydrogen (secondary N) is 2. The number of benzene rings is 1. The van der Waals surface area contributed by atoms with Crippen LogP contribution in [0.15, 0.2) is 53.1 Å². The second-order valence-corrected chi connectivity index (χ2v) is 5.68. The molecule has 0 aliphatic carbocycles. The van der Waals surface area contributed by atoms with Crippen molar-refractivity contribution in [3.63, 3.8) is 0 Å². The van der Waals surface area contributed by atoms with E-state index in [2.05, 4.69) is 20.6 Å². The van der Waals surface area contributed by atoms with Gasteiger partial charge in [0.2, 0.25) is 5.95 Å². The molecule has 1 aromatic carbocycles. The molecule has 27 heavy (non-hydrogen) atoms. The summed E-state index contributed by atoms with van der Waals surface area (Å²) >= 11 is 0. The van der Waals surface area contributed by atoms with Crippen molar-refractivity contribution in [1.29, 1.82) is 0 Å². The average Bonchev–Trinajstić information content (AvgIpc) is 3.13. The van der Waals surface area contributed by atoms with E-state index in [9.17, 15) is 18.0 Å². The van der Waals surface area contributed by atoms with E-state index in [4.69, 9.17) is 4.42 Å². The molecule has 2 aromatic heterocycles. The van der Waals surface area contributed by atoms with Gasteiger partial charge >= 0.3 is 6.18 Å². The number of hydrogen-bond donors (Lipinski definition) is 2. The quantitative estimate of drug-likeness (QED) is 0.695. The number of carbonyl (C=O) groups excluding carboxylic acids is 1. The summed E-state index contributed by atoms with van der Waals surface area (Å²) in [6.07, 6.45) is -2.89. The lowest BCUT2D eigenvalue weighted by Crippen LogP contribution is -2.16. The van der Waals surface area contributed by atoms with Gasteiger partial charge in [-0.2, -0.15) is 13.2 Å². The lowest BCUT2D eigenvalue weighted by atomic mass is 10.2. The van der Waals surface area contributed by atoms with Crippen molar-refractivity contribution in [3.8, 4) is 0 Å². The van der Waals surface area contributed by atoms with Gasteiger partial charge in [-0.25, -0.2) is 9.97 Å². The Morgan fingerprint density at radius 1 is 1.15 bits per heavy atom. The molecule has 3 rings (SSSR count). The third-order valence-corrected chi connectivity index (χ3v) is 3.56. The molecule has 140 valence electrons. The number of furan rings is 1. The molecule has 1 amide bonds. The van der Waals surface area contributed by atoms with Crippen LogP contribution < -0.4 is 10.6 Å². The van der Waals surface area contributed by atoms with E-state index < -0.39 is 17.6 Å². The summed E-state index contributed by atoms with van der Waals surface area (Å²) in [6.45, 7) is 2.05. The van der Waals surface area contributed by atoms with Crippen LogP contribution in [0.2, 0.25) is 0 Å². The maximum Gasteiger partial charge on any atom is 0.416 e. The van der Waals surface area contributed by atoms with Crippen LogP contribution in [-0.4, -0.2) is 15.9 Å². The fourth-order valence-electron chi connectivity index (χ4n) is 2.28. The number of aromatic nitrogens is 2. The van der Waals surface area contributed by atoms with Crippen LogP contribution in [0.4, 0.5) is 24.8 Å². The number of carbonyl (C=O) groups is 1. The number of halogens is 3. The molecule has 9 heteroatoms. The zero-order valence-corrected chi connectivity index (χ0v) is 14.2. The standard InChI is InChI=1S/C18H15F3N4O2/c1-11-9-15(25-17(23-11)22-10-14-3-2-8-27-14)16(26)24-13-6-4-12(5-7-13)18(19,20)21/h2-9H,10H2,1H3,(H,24,26)(H,22,23,25). The van der Waals surface area contributed by atoms with Crippen LogP contribution in [0.25, 0.3) is 0 Å². The Bertz CT molecular complexity index is 923. The zero-order valence-electron chi connectivity index (χ0n) is 14.2. The smallest absolute Gasteiger partial charge is 0.416 e. The van der Waals surface area contributed by atoms with Gasteiger partial charge < -0.3 is 15.1 Å². The Morgan fingerprint density at radius 3 is 2.52 bits per heavy atom. The average molecular weight is 376 g/mol. The lowest BCUT2D eigenvalue weighted by Gasteiger charge is -2.10. The first-order valence-corrected chi connectivity index (χ1v) is 7.92. The summed E-state index contributed by atoms with van der Waals surface area (Å²) in [5, 5.41) is 5.47. The molecule has 2 N–H and O–H groups in total. The Labute approximate surface area is 152 Å². The number of nitrogens with zero attached hydrogens (tertiary/aromatic N) is 2. The highest BCUT2D eigenvalue weighted by Crippen LogP contribution is 2.29. The van der Waals surface area contributed by atoms with E-state index in [0.717, 1.165) is 12.1 Å². The molecule has 0 atom stereocenters. The largest absolute Gasteiger partial charge is 0.467 e. The summed E-state index contributed by atoms with van der Waals surface area (Å²) < 4.78 is 43.0. The predicted molar refractivity (Wildman–Crippen MR) is 92.2 cm³/mol. The van der Waals surface area contributed by atoms with Crippen LogP contribution in [0.3, 0.4) is 0 Å². The molecule has 0 aliphatic heterocycles. The molecule has 2 heterocycles. The molecule has 6 nitrogen and oxygen atoms in total. The fourth-order valence-corrected chi connectivity index (χ4v) is 2.28. The molecule has 0 aliphatic rings. The minimum atomic E-state index is -4.43. The molecule has 0 saturated carbocycles. The Balaban J connectivity index is 1.70. The van der Waals surface area contributed by atoms with Crippen molar-refractivity contribution < 1.29 is 22.4 Å². The zero-order chi connectivity index (χ0) is 19.4. The first kappa shape index (κ1) is 18.4. The SMILES string of the molecule is Cc1cc(C(=O)Nc2ccc(C(F)(F)F)cc2)nc(NCc2ccco2)n1. The topological polar surface area (TPSA) is 80.0 Å². The number of hydrogen-bond acceptors (Lipinski definition) is 5. The highest BCUT2D eigenvalue weighted by molar-refractivity contribution is 6.03. The second kappa shape index (κ2) is 7.48. The maximum absolute atomic E-state index is 12.6. The highest BCUT2D eigenvalue weighted by Gasteiger charge is 2.30. The summed E-state index contributed by atoms with van der Waals surface area (Å²) in [6, 6.07) is 9.18. The van der Waals surface area contributed by atoms with Crippen LogP contribution in [0, 0.1) is 6.92 Å². The van der Waals surface area contributed by atoms with Gasteiger partial charge in [0.25, 0.3) is 5.91 Å². The van der Waals surface area contributed by atoms with Crippen LogP contribution in [0.5, 0.6) is 0 Å². The molecule has 0 unspecified atom stereocenters. The summed E-state index contributed by atoms with van der Waals surface area (Å²) in [4.78, 5) is 20.7. The fraction of sp³-hybridized carbons (Fsp3) is 0.167. The van der Waals surface area contributed by atoms with Crippen molar-refractivity contribution in [2.75, 3.05) is 10.6 Å².